The molecule has 2 rings (SSSR count). The van der Waals surface area contributed by atoms with Crippen LogP contribution >= 0.6 is 11.3 Å². The lowest BCUT2D eigenvalue weighted by molar-refractivity contribution is 0.0992. The maximum Gasteiger partial charge on any atom is 0.178 e. The lowest BCUT2D eigenvalue weighted by Crippen LogP contribution is -2.46. The lowest BCUT2D eigenvalue weighted by atomic mass is 10.2. The molecule has 1 aliphatic heterocycles. The number of methoxy groups -OCH3 is 1. The van der Waals surface area contributed by atoms with Crippen molar-refractivity contribution in [3.63, 3.8) is 0 Å². The van der Waals surface area contributed by atoms with Crippen LogP contribution in [-0.2, 0) is 0 Å². The van der Waals surface area contributed by atoms with Gasteiger partial charge in [-0.2, -0.15) is 0 Å². The molecule has 0 spiro atoms. The Morgan fingerprint density at radius 1 is 1.40 bits per heavy atom. The minimum atomic E-state index is 0.0530. The highest BCUT2D eigenvalue weighted by molar-refractivity contribution is 7.19. The third-order valence-electron chi connectivity index (χ3n) is 3.44. The molecule has 3 N–H and O–H groups in total. The SMILES string of the molecule is CCC(=O)c1sc(NN2CCN(C)CC2)c(OC)c1N. The van der Waals surface area contributed by atoms with Crippen molar-refractivity contribution in [3.8, 4) is 5.75 Å². The number of nitrogens with two attached hydrogens (primary N) is 1. The van der Waals surface area contributed by atoms with Gasteiger partial charge in [0.2, 0.25) is 0 Å². The van der Waals surface area contributed by atoms with Gasteiger partial charge >= 0.3 is 0 Å². The molecule has 1 aromatic rings. The van der Waals surface area contributed by atoms with Crippen LogP contribution in [0.25, 0.3) is 0 Å². The van der Waals surface area contributed by atoms with Gasteiger partial charge in [0, 0.05) is 32.6 Å². The van der Waals surface area contributed by atoms with E-state index >= 15 is 0 Å². The zero-order chi connectivity index (χ0) is 14.7. The van der Waals surface area contributed by atoms with Crippen LogP contribution in [-0.4, -0.2) is 56.0 Å². The number of thiophene rings is 1. The van der Waals surface area contributed by atoms with E-state index in [-0.39, 0.29) is 5.78 Å². The number of rotatable bonds is 5. The third kappa shape index (κ3) is 3.05. The summed E-state index contributed by atoms with van der Waals surface area (Å²) in [5.74, 6) is 0.628. The monoisotopic (exact) mass is 298 g/mol. The van der Waals surface area contributed by atoms with Crippen molar-refractivity contribution in [3.05, 3.63) is 4.88 Å². The predicted octanol–water partition coefficient (Wildman–Crippen LogP) is 1.51. The second-order valence-electron chi connectivity index (χ2n) is 4.89. The van der Waals surface area contributed by atoms with Crippen LogP contribution in [0.3, 0.4) is 0 Å². The second-order valence-corrected chi connectivity index (χ2v) is 5.91. The van der Waals surface area contributed by atoms with Crippen LogP contribution in [0.15, 0.2) is 0 Å². The summed E-state index contributed by atoms with van der Waals surface area (Å²) in [5.41, 5.74) is 9.79. The molecule has 7 heteroatoms. The molecule has 2 heterocycles. The molecule has 0 radical (unpaired) electrons. The Bertz CT molecular complexity index is 481. The normalized spacial score (nSPS) is 17.1. The van der Waals surface area contributed by atoms with E-state index in [1.54, 1.807) is 7.11 Å². The summed E-state index contributed by atoms with van der Waals surface area (Å²) in [6.45, 7) is 5.71. The fourth-order valence-electron chi connectivity index (χ4n) is 2.13. The summed E-state index contributed by atoms with van der Waals surface area (Å²) >= 11 is 1.37. The fraction of sp³-hybridized carbons (Fsp3) is 0.615. The summed E-state index contributed by atoms with van der Waals surface area (Å²) in [6, 6.07) is 0. The van der Waals surface area contributed by atoms with Gasteiger partial charge in [0.05, 0.1) is 17.7 Å². The average Bonchev–Trinajstić information content (AvgIpc) is 2.76. The predicted molar refractivity (Wildman–Crippen MR) is 82.6 cm³/mol. The Labute approximate surface area is 123 Å². The molecule has 0 aromatic carbocycles. The molecule has 112 valence electrons. The Hall–Kier alpha value is -1.31. The van der Waals surface area contributed by atoms with Crippen LogP contribution < -0.4 is 15.9 Å². The van der Waals surface area contributed by atoms with Gasteiger partial charge in [0.15, 0.2) is 11.5 Å². The molecule has 0 aliphatic carbocycles. The number of piperazine rings is 1. The number of nitrogens with zero attached hydrogens (tertiary/aromatic N) is 2. The van der Waals surface area contributed by atoms with Crippen molar-refractivity contribution in [1.29, 1.82) is 0 Å². The van der Waals surface area contributed by atoms with Gasteiger partial charge in [-0.1, -0.05) is 6.92 Å². The standard InChI is InChI=1S/C13H22N4O2S/c1-4-9(18)12-10(14)11(19-3)13(20-12)15-17-7-5-16(2)6-8-17/h15H,4-8,14H2,1-3H3. The van der Waals surface area contributed by atoms with Crippen molar-refractivity contribution in [2.45, 2.75) is 13.3 Å². The number of hydrazine groups is 1. The number of Topliss-reactive ketones (excluding diaryl/α,β-unsaturated/α-hetero) is 1. The lowest BCUT2D eigenvalue weighted by Gasteiger charge is -2.32. The van der Waals surface area contributed by atoms with E-state index in [0.29, 0.717) is 22.7 Å². The van der Waals surface area contributed by atoms with E-state index in [1.807, 2.05) is 6.92 Å². The largest absolute Gasteiger partial charge is 0.491 e. The molecule has 0 amide bonds. The summed E-state index contributed by atoms with van der Waals surface area (Å²) in [6.07, 6.45) is 0.446. The number of likely N-dealkylation sites (N-methyl/N-ethyl adjacent to an activating group) is 1. The number of ketones is 1. The molecule has 1 fully saturated rings. The molecule has 0 unspecified atom stereocenters. The van der Waals surface area contributed by atoms with E-state index in [1.165, 1.54) is 11.3 Å². The summed E-state index contributed by atoms with van der Waals surface area (Å²) < 4.78 is 5.35. The molecule has 0 bridgehead atoms. The van der Waals surface area contributed by atoms with Gasteiger partial charge < -0.3 is 20.8 Å². The number of ether oxygens (including phenoxy) is 1. The van der Waals surface area contributed by atoms with Crippen molar-refractivity contribution in [1.82, 2.24) is 9.91 Å². The third-order valence-corrected chi connectivity index (χ3v) is 4.57. The van der Waals surface area contributed by atoms with Crippen LogP contribution in [0.4, 0.5) is 10.7 Å². The van der Waals surface area contributed by atoms with Gasteiger partial charge in [-0.05, 0) is 7.05 Å². The maximum absolute atomic E-state index is 11.9. The van der Waals surface area contributed by atoms with Gasteiger partial charge in [-0.25, -0.2) is 5.01 Å². The smallest absolute Gasteiger partial charge is 0.178 e. The van der Waals surface area contributed by atoms with Gasteiger partial charge in [0.25, 0.3) is 0 Å². The molecule has 1 aliphatic rings. The van der Waals surface area contributed by atoms with E-state index < -0.39 is 0 Å². The first kappa shape index (κ1) is 15.1. The highest BCUT2D eigenvalue weighted by atomic mass is 32.1. The highest BCUT2D eigenvalue weighted by Gasteiger charge is 2.23. The Morgan fingerprint density at radius 3 is 2.60 bits per heavy atom. The van der Waals surface area contributed by atoms with E-state index in [9.17, 15) is 4.79 Å². The first-order valence-electron chi connectivity index (χ1n) is 6.76. The highest BCUT2D eigenvalue weighted by Crippen LogP contribution is 2.43. The Morgan fingerprint density at radius 2 is 2.05 bits per heavy atom. The number of hydrogen-bond donors (Lipinski definition) is 2. The number of hydrogen-bond acceptors (Lipinski definition) is 7. The summed E-state index contributed by atoms with van der Waals surface area (Å²) in [4.78, 5) is 14.7. The topological polar surface area (TPSA) is 70.8 Å². The number of nitrogen functional groups attached to an aromatic ring is 1. The zero-order valence-electron chi connectivity index (χ0n) is 12.2. The van der Waals surface area contributed by atoms with Gasteiger partial charge in [0.1, 0.15) is 5.00 Å². The Balaban J connectivity index is 2.16. The van der Waals surface area contributed by atoms with Crippen LogP contribution in [0, 0.1) is 0 Å². The minimum Gasteiger partial charge on any atom is -0.491 e. The molecular weight excluding hydrogens is 276 g/mol. The van der Waals surface area contributed by atoms with Crippen molar-refractivity contribution >= 4 is 27.8 Å². The molecule has 0 saturated carbocycles. The van der Waals surface area contributed by atoms with Crippen molar-refractivity contribution in [2.75, 3.05) is 51.5 Å². The number of carbonyl (C=O) groups is 1. The molecule has 1 saturated heterocycles. The average molecular weight is 298 g/mol. The number of carbonyl (C=O) groups excluding carboxylic acids is 1. The van der Waals surface area contributed by atoms with Crippen LogP contribution in [0.2, 0.25) is 0 Å². The van der Waals surface area contributed by atoms with E-state index in [4.69, 9.17) is 10.5 Å². The van der Waals surface area contributed by atoms with E-state index in [0.717, 1.165) is 31.2 Å². The maximum atomic E-state index is 11.9. The summed E-state index contributed by atoms with van der Waals surface area (Å²) in [7, 11) is 3.69. The number of nitrogens with one attached hydrogen (secondary N) is 1. The molecular formula is C13H22N4O2S. The molecule has 0 atom stereocenters. The zero-order valence-corrected chi connectivity index (χ0v) is 13.0. The molecule has 6 nitrogen and oxygen atoms in total. The fourth-order valence-corrected chi connectivity index (χ4v) is 3.26. The first-order valence-corrected chi connectivity index (χ1v) is 7.58. The first-order chi connectivity index (χ1) is 9.56. The summed E-state index contributed by atoms with van der Waals surface area (Å²) in [5, 5.41) is 2.94. The van der Waals surface area contributed by atoms with Gasteiger partial charge in [-0.15, -0.1) is 11.3 Å². The molecule has 1 aromatic heterocycles. The second kappa shape index (κ2) is 6.43. The Kier molecular flexibility index (Phi) is 4.85. The van der Waals surface area contributed by atoms with E-state index in [2.05, 4.69) is 22.4 Å². The van der Waals surface area contributed by atoms with Gasteiger partial charge in [-0.3, -0.25) is 4.79 Å². The van der Waals surface area contributed by atoms with Crippen molar-refractivity contribution < 1.29 is 9.53 Å². The molecule has 20 heavy (non-hydrogen) atoms. The number of anilines is 2. The van der Waals surface area contributed by atoms with Crippen LogP contribution in [0.1, 0.15) is 23.0 Å². The van der Waals surface area contributed by atoms with Crippen LogP contribution in [0.5, 0.6) is 5.75 Å². The van der Waals surface area contributed by atoms with Crippen molar-refractivity contribution in [2.24, 2.45) is 0 Å². The minimum absolute atomic E-state index is 0.0530. The quantitative estimate of drug-likeness (QED) is 0.803.